The van der Waals surface area contributed by atoms with E-state index in [1.54, 1.807) is 0 Å². The molecule has 0 amide bonds. The summed E-state index contributed by atoms with van der Waals surface area (Å²) >= 11 is 0. The highest BCUT2D eigenvalue weighted by molar-refractivity contribution is 7.47. The van der Waals surface area contributed by atoms with E-state index < -0.39 is 26.5 Å². The van der Waals surface area contributed by atoms with Crippen LogP contribution in [0.15, 0.2) is 0 Å². The van der Waals surface area contributed by atoms with Crippen molar-refractivity contribution in [2.75, 3.05) is 47.5 Å². The summed E-state index contributed by atoms with van der Waals surface area (Å²) in [5.41, 5.74) is 0. The summed E-state index contributed by atoms with van der Waals surface area (Å²) in [6, 6.07) is 0. The molecule has 0 aromatic heterocycles. The lowest BCUT2D eigenvalue weighted by atomic mass is 10.0. The van der Waals surface area contributed by atoms with Crippen molar-refractivity contribution in [2.24, 2.45) is 0 Å². The molecule has 0 fully saturated rings. The van der Waals surface area contributed by atoms with E-state index in [1.807, 2.05) is 21.1 Å². The number of likely N-dealkylation sites (N-methyl/N-ethyl adjacent to an activating group) is 1. The van der Waals surface area contributed by atoms with Gasteiger partial charge in [0.15, 0.2) is 6.10 Å². The third kappa shape index (κ3) is 78.0. The lowest BCUT2D eigenvalue weighted by Crippen LogP contribution is -2.37. The van der Waals surface area contributed by atoms with Gasteiger partial charge in [-0.3, -0.25) is 18.6 Å². The van der Waals surface area contributed by atoms with Gasteiger partial charge in [-0.1, -0.05) is 438 Å². The van der Waals surface area contributed by atoms with Crippen LogP contribution in [0, 0.1) is 0 Å². The predicted molar refractivity (Wildman–Crippen MR) is 400 cm³/mol. The van der Waals surface area contributed by atoms with Crippen molar-refractivity contribution in [3.63, 3.8) is 0 Å². The highest BCUT2D eigenvalue weighted by Gasteiger charge is 2.27. The van der Waals surface area contributed by atoms with Crippen molar-refractivity contribution in [2.45, 2.75) is 469 Å². The number of phosphoric ester groups is 1. The van der Waals surface area contributed by atoms with Gasteiger partial charge in [-0.05, 0) is 12.8 Å². The number of nitrogens with zero attached hydrogens (tertiary/aromatic N) is 1. The molecule has 0 heterocycles. The molecule has 0 radical (unpaired) electrons. The Hall–Kier alpha value is -0.990. The second-order valence-electron chi connectivity index (χ2n) is 30.2. The van der Waals surface area contributed by atoms with Crippen LogP contribution in [0.5, 0.6) is 0 Å². The van der Waals surface area contributed by atoms with Gasteiger partial charge < -0.3 is 18.9 Å². The van der Waals surface area contributed by atoms with E-state index in [9.17, 15) is 19.0 Å². The topological polar surface area (TPSA) is 108 Å². The molecule has 0 aliphatic carbocycles. The molecule has 0 aliphatic heterocycles. The number of carbonyl (C=O) groups excluding carboxylic acids is 2. The maximum atomic E-state index is 12.9. The van der Waals surface area contributed by atoms with Gasteiger partial charge >= 0.3 is 19.8 Å². The molecule has 0 bridgehead atoms. The van der Waals surface area contributed by atoms with Crippen LogP contribution in [-0.2, 0) is 32.7 Å². The fourth-order valence-electron chi connectivity index (χ4n) is 13.3. The Morgan fingerprint density at radius 3 is 0.696 bits per heavy atom. The Balaban J connectivity index is 3.86. The van der Waals surface area contributed by atoms with Crippen molar-refractivity contribution in [3.8, 4) is 0 Å². The molecule has 9 nitrogen and oxygen atoms in total. The molecule has 550 valence electrons. The van der Waals surface area contributed by atoms with Gasteiger partial charge in [0.25, 0.3) is 0 Å². The number of rotatable bonds is 80. The second-order valence-corrected chi connectivity index (χ2v) is 31.7. The van der Waals surface area contributed by atoms with E-state index in [2.05, 4.69) is 13.8 Å². The number of ether oxygens (including phenoxy) is 2. The van der Waals surface area contributed by atoms with Crippen LogP contribution >= 0.6 is 7.82 Å². The van der Waals surface area contributed by atoms with Crippen LogP contribution in [0.25, 0.3) is 0 Å². The molecule has 0 saturated heterocycles. The van der Waals surface area contributed by atoms with Gasteiger partial charge in [0.05, 0.1) is 27.7 Å². The van der Waals surface area contributed by atoms with Crippen molar-refractivity contribution in [1.29, 1.82) is 0 Å². The quantitative estimate of drug-likeness (QED) is 0.0278. The van der Waals surface area contributed by atoms with E-state index in [4.69, 9.17) is 18.5 Å². The van der Waals surface area contributed by atoms with E-state index in [0.29, 0.717) is 17.4 Å². The fraction of sp³-hybridized carbons (Fsp3) is 0.976. The third-order valence-electron chi connectivity index (χ3n) is 19.6. The van der Waals surface area contributed by atoms with Gasteiger partial charge in [0, 0.05) is 12.8 Å². The van der Waals surface area contributed by atoms with Crippen LogP contribution in [-0.4, -0.2) is 74.9 Å². The largest absolute Gasteiger partial charge is 0.472 e. The maximum Gasteiger partial charge on any atom is 0.472 e. The van der Waals surface area contributed by atoms with Gasteiger partial charge in [-0.15, -0.1) is 0 Å². The molecule has 0 aliphatic rings. The smallest absolute Gasteiger partial charge is 0.462 e. The number of unbranched alkanes of at least 4 members (excludes halogenated alkanes) is 66. The van der Waals surface area contributed by atoms with Crippen LogP contribution < -0.4 is 0 Å². The Morgan fingerprint density at radius 2 is 0.489 bits per heavy atom. The molecule has 0 spiro atoms. The van der Waals surface area contributed by atoms with Gasteiger partial charge in [-0.25, -0.2) is 4.57 Å². The first-order valence-corrected chi connectivity index (χ1v) is 43.3. The van der Waals surface area contributed by atoms with Crippen LogP contribution in [0.2, 0.25) is 0 Å². The van der Waals surface area contributed by atoms with Crippen LogP contribution in [0.4, 0.5) is 0 Å². The Bertz CT molecular complexity index is 1510. The van der Waals surface area contributed by atoms with Crippen molar-refractivity contribution >= 4 is 19.8 Å². The van der Waals surface area contributed by atoms with Crippen molar-refractivity contribution < 1.29 is 42.1 Å². The zero-order valence-corrected chi connectivity index (χ0v) is 64.0. The minimum Gasteiger partial charge on any atom is -0.462 e. The van der Waals surface area contributed by atoms with Crippen molar-refractivity contribution in [3.05, 3.63) is 0 Å². The van der Waals surface area contributed by atoms with Crippen LogP contribution in [0.1, 0.15) is 463 Å². The summed E-state index contributed by atoms with van der Waals surface area (Å²) in [5.74, 6) is -0.763. The Labute approximate surface area is 575 Å². The van der Waals surface area contributed by atoms with Gasteiger partial charge in [0.2, 0.25) is 0 Å². The summed E-state index contributed by atoms with van der Waals surface area (Å²) in [6.45, 7) is 4.55. The maximum absolute atomic E-state index is 12.9. The average molecular weight is 1320 g/mol. The number of phosphoric acid groups is 1. The Morgan fingerprint density at radius 1 is 0.293 bits per heavy atom. The summed E-state index contributed by atoms with van der Waals surface area (Å²) < 4.78 is 34.9. The number of hydrogen-bond donors (Lipinski definition) is 1. The first-order valence-electron chi connectivity index (χ1n) is 41.8. The molecule has 92 heavy (non-hydrogen) atoms. The molecule has 0 rings (SSSR count). The number of carbonyl (C=O) groups is 2. The molecule has 2 unspecified atom stereocenters. The zero-order valence-electron chi connectivity index (χ0n) is 63.1. The molecule has 0 saturated carbocycles. The predicted octanol–water partition coefficient (Wildman–Crippen LogP) is 27.6. The van der Waals surface area contributed by atoms with E-state index in [-0.39, 0.29) is 25.6 Å². The second kappa shape index (κ2) is 74.2. The molecule has 10 heteroatoms. The highest BCUT2D eigenvalue weighted by Crippen LogP contribution is 2.43. The summed E-state index contributed by atoms with van der Waals surface area (Å²) in [6.07, 6.45) is 92.8. The monoisotopic (exact) mass is 1320 g/mol. The van der Waals surface area contributed by atoms with E-state index >= 15 is 0 Å². The fourth-order valence-corrected chi connectivity index (χ4v) is 14.0. The number of quaternary nitrogens is 1. The molecule has 1 N–H and O–H groups in total. The molecule has 0 aromatic carbocycles. The Kier molecular flexibility index (Phi) is 73.4. The SMILES string of the molecule is CCCCCCCCCCCCCCCCCCCCCCCCCCCCCCCCCCCCC(=O)OCC(COP(=O)(O)OCC[N+](C)(C)C)OC(=O)CCCCCCCCCCCCCCCCCCCCCCCCCCCCCCCCCCCC. The number of hydrogen-bond acceptors (Lipinski definition) is 7. The molecule has 0 aromatic rings. The summed E-state index contributed by atoms with van der Waals surface area (Å²) in [5, 5.41) is 0. The summed E-state index contributed by atoms with van der Waals surface area (Å²) in [7, 11) is 1.51. The zero-order chi connectivity index (χ0) is 66.9. The van der Waals surface area contributed by atoms with E-state index in [1.165, 1.54) is 398 Å². The molecular weight excluding hydrogens is 1160 g/mol. The number of esters is 2. The minimum absolute atomic E-state index is 0.0379. The molecular formula is C82H165NO8P+. The minimum atomic E-state index is -4.39. The average Bonchev–Trinajstić information content (AvgIpc) is 3.66. The third-order valence-corrected chi connectivity index (χ3v) is 20.6. The van der Waals surface area contributed by atoms with Crippen molar-refractivity contribution in [1.82, 2.24) is 0 Å². The standard InChI is InChI=1S/C82H164NO8P/c1-6-8-10-12-14-16-18-20-22-24-26-28-30-32-34-36-38-40-42-44-46-48-50-52-54-56-58-60-62-64-66-68-70-72-74-81(84)88-78-80(79-90-92(86,87)89-77-76-83(3,4)5)91-82(85)75-73-71-69-67-65-63-61-59-57-55-53-51-49-47-45-43-41-39-37-35-33-31-29-27-25-23-21-19-17-15-13-11-9-7-2/h80H,6-79H2,1-5H3/p+1. The van der Waals surface area contributed by atoms with E-state index in [0.717, 1.165) is 38.5 Å². The normalized spacial score (nSPS) is 12.9. The summed E-state index contributed by atoms with van der Waals surface area (Å²) in [4.78, 5) is 36.0. The first-order chi connectivity index (χ1) is 45.0. The molecule has 2 atom stereocenters. The van der Waals surface area contributed by atoms with Crippen LogP contribution in [0.3, 0.4) is 0 Å². The van der Waals surface area contributed by atoms with Gasteiger partial charge in [-0.2, -0.15) is 0 Å². The lowest BCUT2D eigenvalue weighted by molar-refractivity contribution is -0.870. The highest BCUT2D eigenvalue weighted by atomic mass is 31.2. The lowest BCUT2D eigenvalue weighted by Gasteiger charge is -2.24. The van der Waals surface area contributed by atoms with Gasteiger partial charge in [0.1, 0.15) is 19.8 Å². The first kappa shape index (κ1) is 91.0.